The first-order valence-corrected chi connectivity index (χ1v) is 3.03. The van der Waals surface area contributed by atoms with Crippen LogP contribution in [-0.4, -0.2) is 8.42 Å². The van der Waals surface area contributed by atoms with Gasteiger partial charge in [0.15, 0.2) is 0 Å². The second-order valence-corrected chi connectivity index (χ2v) is 2.01. The first-order chi connectivity index (χ1) is 4.62. The monoisotopic (exact) mass is 164 g/mol. The molecule has 0 amide bonds. The number of azide groups is 2. The topological polar surface area (TPSA) is 141 Å². The summed E-state index contributed by atoms with van der Waals surface area (Å²) in [7, 11) is -4.41. The Labute approximate surface area is 54.7 Å². The van der Waals surface area contributed by atoms with Crippen LogP contribution in [0.4, 0.5) is 0 Å². The van der Waals surface area contributed by atoms with Gasteiger partial charge in [0.05, 0.1) is 4.52 Å². The Morgan fingerprint density at radius 3 is 2.30 bits per heavy atom. The maximum atomic E-state index is 10.1. The van der Waals surface area contributed by atoms with E-state index in [1.165, 1.54) is 0 Å². The highest BCUT2D eigenvalue weighted by atomic mass is 32.2. The maximum Gasteiger partial charge on any atom is 0.409 e. The van der Waals surface area contributed by atoms with Crippen molar-refractivity contribution in [3.8, 4) is 0 Å². The molecular formula is N6O3S. The van der Waals surface area contributed by atoms with Crippen molar-refractivity contribution in [3.05, 3.63) is 20.9 Å². The smallest absolute Gasteiger partial charge is 0.304 e. The fraction of sp³-hybridized carbons (Fsp3) is 0. The lowest BCUT2D eigenvalue weighted by Crippen LogP contribution is -1.92. The first kappa shape index (κ1) is 8.37. The summed E-state index contributed by atoms with van der Waals surface area (Å²) in [4.78, 5) is 3.83. The molecular weight excluding hydrogens is 164 g/mol. The fourth-order valence-electron chi connectivity index (χ4n) is 0.117. The van der Waals surface area contributed by atoms with Crippen molar-refractivity contribution in [1.29, 1.82) is 0 Å². The summed E-state index contributed by atoms with van der Waals surface area (Å²) in [5, 5.41) is 2.19. The Hall–Kier alpha value is -1.63. The molecule has 0 spiro atoms. The molecule has 0 bridgehead atoms. The Kier molecular flexibility index (Phi) is 2.85. The highest BCUT2D eigenvalue weighted by molar-refractivity contribution is 7.85. The van der Waals surface area contributed by atoms with Gasteiger partial charge in [0.1, 0.15) is 5.28 Å². The molecule has 10 heteroatoms. The van der Waals surface area contributed by atoms with Crippen molar-refractivity contribution in [2.75, 3.05) is 0 Å². The fourth-order valence-corrected chi connectivity index (χ4v) is 0.350. The van der Waals surface area contributed by atoms with Gasteiger partial charge in [-0.25, -0.2) is 0 Å². The number of hydrogen-bond donors (Lipinski definition) is 0. The molecule has 0 radical (unpaired) electrons. The van der Waals surface area contributed by atoms with Crippen molar-refractivity contribution in [3.63, 3.8) is 0 Å². The summed E-state index contributed by atoms with van der Waals surface area (Å²) in [6.07, 6.45) is 0. The molecule has 0 unspecified atom stereocenters. The van der Waals surface area contributed by atoms with Crippen LogP contribution in [0, 0.1) is 0 Å². The van der Waals surface area contributed by atoms with Gasteiger partial charge in [-0.1, -0.05) is 0 Å². The molecule has 0 aliphatic rings. The zero-order valence-corrected chi connectivity index (χ0v) is 5.13. The molecule has 0 aromatic rings. The summed E-state index contributed by atoms with van der Waals surface area (Å²) >= 11 is 0. The summed E-state index contributed by atoms with van der Waals surface area (Å²) < 4.78 is 25.7. The summed E-state index contributed by atoms with van der Waals surface area (Å²) in [5.41, 5.74) is 15.1. The third-order valence-electron chi connectivity index (χ3n) is 0.301. The second kappa shape index (κ2) is 3.41. The van der Waals surface area contributed by atoms with E-state index in [4.69, 9.17) is 11.1 Å². The van der Waals surface area contributed by atoms with Crippen molar-refractivity contribution in [1.82, 2.24) is 0 Å². The van der Waals surface area contributed by atoms with E-state index in [-0.39, 0.29) is 0 Å². The van der Waals surface area contributed by atoms with Crippen LogP contribution in [0.2, 0.25) is 0 Å². The molecule has 10 heavy (non-hydrogen) atoms. The average molecular weight is 164 g/mol. The van der Waals surface area contributed by atoms with Crippen LogP contribution in [-0.2, 0) is 14.6 Å². The lowest BCUT2D eigenvalue weighted by Gasteiger charge is -1.85. The molecule has 0 N–H and O–H groups in total. The van der Waals surface area contributed by atoms with Crippen molar-refractivity contribution < 1.29 is 12.7 Å². The third-order valence-corrected chi connectivity index (χ3v) is 0.829. The standard InChI is InChI=1S/N6O3S/c1-3-5-9-10(7,8)6-4-2. The number of hydrogen-bond acceptors (Lipinski definition) is 4. The Morgan fingerprint density at radius 1 is 1.30 bits per heavy atom. The molecule has 0 saturated carbocycles. The van der Waals surface area contributed by atoms with Crippen molar-refractivity contribution in [2.45, 2.75) is 0 Å². The van der Waals surface area contributed by atoms with Gasteiger partial charge in [0, 0.05) is 9.82 Å². The summed E-state index contributed by atoms with van der Waals surface area (Å²) in [6.45, 7) is 0. The van der Waals surface area contributed by atoms with Crippen LogP contribution in [0.15, 0.2) is 9.80 Å². The Balaban J connectivity index is 4.44. The highest BCUT2D eigenvalue weighted by Crippen LogP contribution is 1.94. The lowest BCUT2D eigenvalue weighted by molar-refractivity contribution is 0.332. The number of nitrogens with zero attached hydrogens (tertiary/aromatic N) is 6. The minimum atomic E-state index is -4.41. The van der Waals surface area contributed by atoms with E-state index in [9.17, 15) is 8.42 Å². The SMILES string of the molecule is [N-]=[N+]=NOS(=O)(=O)N=[N+]=[N-]. The van der Waals surface area contributed by atoms with Gasteiger partial charge in [0.2, 0.25) is 0 Å². The van der Waals surface area contributed by atoms with E-state index in [1.807, 2.05) is 9.82 Å². The predicted molar refractivity (Wildman–Crippen MR) is 28.3 cm³/mol. The molecule has 0 rings (SSSR count). The molecule has 54 valence electrons. The Morgan fingerprint density at radius 2 is 1.90 bits per heavy atom. The van der Waals surface area contributed by atoms with Gasteiger partial charge in [-0.3, -0.25) is 0 Å². The van der Waals surface area contributed by atoms with E-state index < -0.39 is 10.3 Å². The zero-order valence-electron chi connectivity index (χ0n) is 4.32. The van der Waals surface area contributed by atoms with E-state index in [0.29, 0.717) is 0 Å². The van der Waals surface area contributed by atoms with Crippen LogP contribution >= 0.6 is 0 Å². The first-order valence-electron chi connectivity index (χ1n) is 1.67. The van der Waals surface area contributed by atoms with Crippen LogP contribution in [0.1, 0.15) is 0 Å². The molecule has 0 aromatic heterocycles. The van der Waals surface area contributed by atoms with E-state index >= 15 is 0 Å². The average Bonchev–Trinajstić information content (AvgIpc) is 1.84. The molecule has 0 fully saturated rings. The van der Waals surface area contributed by atoms with Gasteiger partial charge in [-0.05, 0) is 11.1 Å². The molecule has 0 heterocycles. The van der Waals surface area contributed by atoms with Crippen LogP contribution in [0.25, 0.3) is 20.9 Å². The molecule has 0 aliphatic carbocycles. The summed E-state index contributed by atoms with van der Waals surface area (Å²) in [6, 6.07) is 0. The molecule has 0 aliphatic heterocycles. The molecule has 0 atom stereocenters. The normalized spacial score (nSPS) is 8.80. The quantitative estimate of drug-likeness (QED) is 0.263. The lowest BCUT2D eigenvalue weighted by atomic mass is 12.9. The van der Waals surface area contributed by atoms with Gasteiger partial charge in [-0.2, -0.15) is 8.42 Å². The van der Waals surface area contributed by atoms with Gasteiger partial charge in [0.25, 0.3) is 0 Å². The van der Waals surface area contributed by atoms with Gasteiger partial charge >= 0.3 is 10.3 Å². The second-order valence-electron chi connectivity index (χ2n) is 0.844. The van der Waals surface area contributed by atoms with Crippen molar-refractivity contribution >= 4 is 10.3 Å². The largest absolute Gasteiger partial charge is 0.409 e. The van der Waals surface area contributed by atoms with E-state index in [0.717, 1.165) is 0 Å². The number of rotatable bonds is 3. The molecule has 0 saturated heterocycles. The van der Waals surface area contributed by atoms with Crippen LogP contribution < -0.4 is 0 Å². The zero-order chi connectivity index (χ0) is 8.04. The molecule has 0 aromatic carbocycles. The maximum absolute atomic E-state index is 10.1. The minimum absolute atomic E-state index is 1.89. The Bertz CT molecular complexity index is 287. The van der Waals surface area contributed by atoms with Crippen LogP contribution in [0.3, 0.4) is 0 Å². The molecule has 9 nitrogen and oxygen atoms in total. The van der Waals surface area contributed by atoms with E-state index in [2.05, 4.69) is 14.1 Å². The predicted octanol–water partition coefficient (Wildman–Crippen LogP) is 0.783. The van der Waals surface area contributed by atoms with Crippen LogP contribution in [0.5, 0.6) is 0 Å². The van der Waals surface area contributed by atoms with E-state index in [1.54, 1.807) is 0 Å². The highest BCUT2D eigenvalue weighted by Gasteiger charge is 2.04. The summed E-state index contributed by atoms with van der Waals surface area (Å²) in [5.74, 6) is 0. The third kappa shape index (κ3) is 3.38. The minimum Gasteiger partial charge on any atom is -0.304 e. The van der Waals surface area contributed by atoms with Gasteiger partial charge < -0.3 is 4.28 Å². The van der Waals surface area contributed by atoms with Crippen molar-refractivity contribution in [2.24, 2.45) is 9.80 Å². The van der Waals surface area contributed by atoms with Gasteiger partial charge in [-0.15, -0.1) is 0 Å².